The molecule has 1 heterocycles. The van der Waals surface area contributed by atoms with Crippen LogP contribution in [0.5, 0.6) is 5.88 Å². The van der Waals surface area contributed by atoms with Crippen molar-refractivity contribution >= 4 is 0 Å². The number of hydrogen-bond donors (Lipinski definition) is 2. The van der Waals surface area contributed by atoms with Gasteiger partial charge in [0.15, 0.2) is 0 Å². The lowest BCUT2D eigenvalue weighted by molar-refractivity contribution is 0.449. The van der Waals surface area contributed by atoms with Crippen molar-refractivity contribution in [2.45, 2.75) is 19.3 Å². The number of benzene rings is 1. The van der Waals surface area contributed by atoms with Gasteiger partial charge in [-0.3, -0.25) is 4.79 Å². The van der Waals surface area contributed by atoms with Crippen LogP contribution in [0.2, 0.25) is 0 Å². The Hall–Kier alpha value is -2.17. The number of nitrogens with one attached hydrogen (secondary N) is 1. The highest BCUT2D eigenvalue weighted by atomic mass is 19.1. The number of aromatic hydroxyl groups is 1. The molecule has 3 rings (SSSR count). The SMILES string of the molecule is O=c1[nH]c(CC2CC2)nc(O)c1-c1cccc(F)c1. The Balaban J connectivity index is 2.04. The summed E-state index contributed by atoms with van der Waals surface area (Å²) in [5, 5.41) is 9.90. The molecule has 2 aromatic rings. The standard InChI is InChI=1S/C14H13FN2O2/c15-10-3-1-2-9(7-10)12-13(18)16-11(17-14(12)19)6-8-4-5-8/h1-3,7-8H,4-6H2,(H2,16,17,18,19). The summed E-state index contributed by atoms with van der Waals surface area (Å²) in [6.07, 6.45) is 2.94. The van der Waals surface area contributed by atoms with Gasteiger partial charge in [-0.1, -0.05) is 12.1 Å². The summed E-state index contributed by atoms with van der Waals surface area (Å²) in [6, 6.07) is 5.54. The summed E-state index contributed by atoms with van der Waals surface area (Å²) in [6.45, 7) is 0. The third-order valence-corrected chi connectivity index (χ3v) is 3.24. The first-order valence-corrected chi connectivity index (χ1v) is 6.21. The molecule has 5 heteroatoms. The lowest BCUT2D eigenvalue weighted by Crippen LogP contribution is -2.14. The minimum Gasteiger partial charge on any atom is -0.493 e. The Morgan fingerprint density at radius 3 is 2.84 bits per heavy atom. The molecule has 0 radical (unpaired) electrons. The monoisotopic (exact) mass is 260 g/mol. The van der Waals surface area contributed by atoms with Crippen molar-refractivity contribution in [3.05, 3.63) is 46.3 Å². The number of aromatic nitrogens is 2. The number of nitrogens with zero attached hydrogens (tertiary/aromatic N) is 1. The van der Waals surface area contributed by atoms with Crippen molar-refractivity contribution < 1.29 is 9.50 Å². The van der Waals surface area contributed by atoms with Gasteiger partial charge in [-0.25, -0.2) is 4.39 Å². The van der Waals surface area contributed by atoms with Crippen molar-refractivity contribution in [3.63, 3.8) is 0 Å². The fourth-order valence-electron chi connectivity index (χ4n) is 2.10. The second kappa shape index (κ2) is 4.50. The van der Waals surface area contributed by atoms with Crippen molar-refractivity contribution in [3.8, 4) is 17.0 Å². The molecule has 98 valence electrons. The minimum absolute atomic E-state index is 0.0130. The molecule has 1 aliphatic rings. The maximum atomic E-state index is 13.2. The fraction of sp³-hybridized carbons (Fsp3) is 0.286. The Kier molecular flexibility index (Phi) is 2.81. The molecule has 0 atom stereocenters. The number of rotatable bonds is 3. The molecule has 4 nitrogen and oxygen atoms in total. The zero-order valence-corrected chi connectivity index (χ0v) is 10.2. The molecule has 0 aliphatic heterocycles. The van der Waals surface area contributed by atoms with E-state index in [1.165, 1.54) is 18.2 Å². The lowest BCUT2D eigenvalue weighted by atomic mass is 10.1. The molecule has 2 N–H and O–H groups in total. The highest BCUT2D eigenvalue weighted by molar-refractivity contribution is 5.67. The average molecular weight is 260 g/mol. The molecule has 1 aromatic carbocycles. The van der Waals surface area contributed by atoms with E-state index >= 15 is 0 Å². The number of aromatic amines is 1. The Morgan fingerprint density at radius 1 is 1.42 bits per heavy atom. The summed E-state index contributed by atoms with van der Waals surface area (Å²) in [4.78, 5) is 18.7. The van der Waals surface area contributed by atoms with Gasteiger partial charge >= 0.3 is 0 Å². The largest absolute Gasteiger partial charge is 0.493 e. The van der Waals surface area contributed by atoms with E-state index in [1.807, 2.05) is 0 Å². The summed E-state index contributed by atoms with van der Waals surface area (Å²) in [5.41, 5.74) is -0.1000. The highest BCUT2D eigenvalue weighted by Crippen LogP contribution is 2.32. The van der Waals surface area contributed by atoms with E-state index in [9.17, 15) is 14.3 Å². The van der Waals surface area contributed by atoms with Crippen LogP contribution >= 0.6 is 0 Å². The first-order chi connectivity index (χ1) is 9.13. The average Bonchev–Trinajstić information content (AvgIpc) is 3.12. The topological polar surface area (TPSA) is 66.0 Å². The normalized spacial score (nSPS) is 14.6. The molecule has 1 aromatic heterocycles. The van der Waals surface area contributed by atoms with Gasteiger partial charge in [-0.05, 0) is 36.5 Å². The van der Waals surface area contributed by atoms with Crippen molar-refractivity contribution in [2.75, 3.05) is 0 Å². The molecule has 0 amide bonds. The zero-order chi connectivity index (χ0) is 13.4. The van der Waals surface area contributed by atoms with Crippen molar-refractivity contribution in [1.82, 2.24) is 9.97 Å². The van der Waals surface area contributed by atoms with Gasteiger partial charge in [-0.15, -0.1) is 0 Å². The molecule has 19 heavy (non-hydrogen) atoms. The van der Waals surface area contributed by atoms with E-state index in [-0.39, 0.29) is 11.4 Å². The van der Waals surface area contributed by atoms with Crippen LogP contribution in [0.25, 0.3) is 11.1 Å². The van der Waals surface area contributed by atoms with E-state index in [4.69, 9.17) is 0 Å². The van der Waals surface area contributed by atoms with Gasteiger partial charge in [-0.2, -0.15) is 4.98 Å². The van der Waals surface area contributed by atoms with E-state index < -0.39 is 11.4 Å². The Labute approximate surface area is 109 Å². The molecule has 0 unspecified atom stereocenters. The Bertz CT molecular complexity index is 677. The lowest BCUT2D eigenvalue weighted by Gasteiger charge is -2.06. The van der Waals surface area contributed by atoms with Crippen LogP contribution in [-0.4, -0.2) is 15.1 Å². The van der Waals surface area contributed by atoms with Crippen LogP contribution in [0, 0.1) is 11.7 Å². The number of hydrogen-bond acceptors (Lipinski definition) is 3. The van der Waals surface area contributed by atoms with E-state index in [1.54, 1.807) is 6.07 Å². The predicted molar refractivity (Wildman–Crippen MR) is 68.3 cm³/mol. The van der Waals surface area contributed by atoms with Gasteiger partial charge in [0.25, 0.3) is 5.56 Å². The molecule has 0 bridgehead atoms. The zero-order valence-electron chi connectivity index (χ0n) is 10.2. The number of halogens is 1. The van der Waals surface area contributed by atoms with E-state index in [0.29, 0.717) is 23.7 Å². The fourth-order valence-corrected chi connectivity index (χ4v) is 2.10. The molecular formula is C14H13FN2O2. The van der Waals surface area contributed by atoms with Gasteiger partial charge in [0.05, 0.1) is 0 Å². The first kappa shape index (κ1) is 11.9. The van der Waals surface area contributed by atoms with Crippen LogP contribution in [0.1, 0.15) is 18.7 Å². The van der Waals surface area contributed by atoms with Crippen molar-refractivity contribution in [2.24, 2.45) is 5.92 Å². The van der Waals surface area contributed by atoms with Crippen LogP contribution in [0.3, 0.4) is 0 Å². The minimum atomic E-state index is -0.460. The predicted octanol–water partition coefficient (Wildman–Crippen LogP) is 2.23. The first-order valence-electron chi connectivity index (χ1n) is 6.21. The smallest absolute Gasteiger partial charge is 0.262 e. The summed E-state index contributed by atoms with van der Waals surface area (Å²) in [7, 11) is 0. The molecule has 0 saturated heterocycles. The molecule has 1 saturated carbocycles. The quantitative estimate of drug-likeness (QED) is 0.889. The van der Waals surface area contributed by atoms with Crippen LogP contribution in [0.15, 0.2) is 29.1 Å². The van der Waals surface area contributed by atoms with E-state index in [0.717, 1.165) is 12.8 Å². The van der Waals surface area contributed by atoms with Gasteiger partial charge in [0.2, 0.25) is 5.88 Å². The summed E-state index contributed by atoms with van der Waals surface area (Å²) in [5.74, 6) is 0.246. The molecule has 1 fully saturated rings. The highest BCUT2D eigenvalue weighted by Gasteiger charge is 2.23. The second-order valence-corrected chi connectivity index (χ2v) is 4.87. The van der Waals surface area contributed by atoms with Crippen LogP contribution < -0.4 is 5.56 Å². The maximum absolute atomic E-state index is 13.2. The number of H-pyrrole nitrogens is 1. The second-order valence-electron chi connectivity index (χ2n) is 4.87. The maximum Gasteiger partial charge on any atom is 0.262 e. The van der Waals surface area contributed by atoms with Gasteiger partial charge in [0, 0.05) is 6.42 Å². The van der Waals surface area contributed by atoms with Gasteiger partial charge in [0.1, 0.15) is 17.2 Å². The van der Waals surface area contributed by atoms with Crippen LogP contribution in [0.4, 0.5) is 4.39 Å². The Morgan fingerprint density at radius 2 is 2.21 bits per heavy atom. The summed E-state index contributed by atoms with van der Waals surface area (Å²) >= 11 is 0. The molecular weight excluding hydrogens is 247 g/mol. The summed E-state index contributed by atoms with van der Waals surface area (Å²) < 4.78 is 13.2. The molecule has 1 aliphatic carbocycles. The third-order valence-electron chi connectivity index (χ3n) is 3.24. The van der Waals surface area contributed by atoms with Gasteiger partial charge < -0.3 is 10.1 Å². The van der Waals surface area contributed by atoms with Crippen LogP contribution in [-0.2, 0) is 6.42 Å². The molecule has 0 spiro atoms. The van der Waals surface area contributed by atoms with Crippen molar-refractivity contribution in [1.29, 1.82) is 0 Å². The third kappa shape index (κ3) is 2.50. The van der Waals surface area contributed by atoms with E-state index in [2.05, 4.69) is 9.97 Å².